The van der Waals surface area contributed by atoms with Crippen LogP contribution in [-0.4, -0.2) is 52.1 Å². The average Bonchev–Trinajstić information content (AvgIpc) is 4.05. The minimum Gasteiger partial charge on any atom is -0.454 e. The van der Waals surface area contributed by atoms with Crippen molar-refractivity contribution < 1.29 is 45.1 Å². The largest absolute Gasteiger partial charge is 0.454 e. The lowest BCUT2D eigenvalue weighted by atomic mass is 10.1. The van der Waals surface area contributed by atoms with E-state index in [4.69, 9.17) is 16.3 Å². The number of benzene rings is 4. The molecule has 1 fully saturated rings. The maximum Gasteiger partial charge on any atom is 0.422 e. The Balaban J connectivity index is 1.03. The molecule has 0 saturated heterocycles. The highest BCUT2D eigenvalue weighted by Crippen LogP contribution is 2.48. The van der Waals surface area contributed by atoms with Crippen molar-refractivity contribution in [3.05, 3.63) is 156 Å². The minimum absolute atomic E-state index is 0.0135. The van der Waals surface area contributed by atoms with E-state index in [2.05, 4.69) is 46.9 Å². The lowest BCUT2D eigenvalue weighted by molar-refractivity contribution is -0.154. The molecule has 0 radical (unpaired) electrons. The van der Waals surface area contributed by atoms with E-state index in [-0.39, 0.29) is 65.2 Å². The molecule has 0 spiro atoms. The number of hydrogen-bond donors (Lipinski definition) is 6. The third kappa shape index (κ3) is 11.6. The first-order chi connectivity index (χ1) is 30.9. The predicted octanol–water partition coefficient (Wildman–Crippen LogP) is 6.99. The molecule has 14 nitrogen and oxygen atoms in total. The first-order valence-electron chi connectivity index (χ1n) is 19.6. The number of ether oxygens (including phenoxy) is 1. The maximum atomic E-state index is 14.4. The molecule has 0 unspecified atom stereocenters. The second kappa shape index (κ2) is 19.2. The number of hydrogen-bond acceptors (Lipinski definition) is 12. The summed E-state index contributed by atoms with van der Waals surface area (Å²) in [5.74, 6) is -5.30. The molecule has 65 heavy (non-hydrogen) atoms. The Labute approximate surface area is 368 Å². The van der Waals surface area contributed by atoms with Gasteiger partial charge in [-0.15, -0.1) is 0 Å². The molecule has 1 saturated carbocycles. The van der Waals surface area contributed by atoms with Crippen LogP contribution in [0.4, 0.5) is 59.7 Å². The van der Waals surface area contributed by atoms with E-state index in [9.17, 15) is 49.9 Å². The molecule has 2 amide bonds. The topological polar surface area (TPSA) is 188 Å². The predicted molar refractivity (Wildman–Crippen MR) is 225 cm³/mol. The number of halogens is 8. The zero-order chi connectivity index (χ0) is 46.5. The molecule has 7 rings (SSSR count). The van der Waals surface area contributed by atoms with Crippen molar-refractivity contribution in [1.82, 2.24) is 25.6 Å². The molecule has 5 aromatic carbocycles. The van der Waals surface area contributed by atoms with Crippen molar-refractivity contribution in [2.24, 2.45) is 0 Å². The van der Waals surface area contributed by atoms with Crippen LogP contribution < -0.4 is 47.5 Å². The molecule has 22 heteroatoms. The number of amides is 2. The van der Waals surface area contributed by atoms with Crippen LogP contribution >= 0.6 is 11.6 Å². The fraction of sp³-hybridized carbons (Fsp3) is 0.233. The summed E-state index contributed by atoms with van der Waals surface area (Å²) in [4.78, 5) is 64.1. The highest BCUT2D eigenvalue weighted by atomic mass is 35.5. The summed E-state index contributed by atoms with van der Waals surface area (Å²) in [6.45, 7) is -2.52. The van der Waals surface area contributed by atoms with Gasteiger partial charge in [-0.25, -0.2) is 17.6 Å². The summed E-state index contributed by atoms with van der Waals surface area (Å²) in [5.41, 5.74) is -1.66. The zero-order valence-corrected chi connectivity index (χ0v) is 34.3. The number of nitrogens with one attached hydrogen (secondary N) is 6. The van der Waals surface area contributed by atoms with Gasteiger partial charge >= 0.3 is 12.2 Å². The van der Waals surface area contributed by atoms with Crippen molar-refractivity contribution in [2.45, 2.75) is 50.1 Å². The molecular weight excluding hydrogens is 891 g/mol. The lowest BCUT2D eigenvalue weighted by Gasteiger charge is -2.20. The van der Waals surface area contributed by atoms with Gasteiger partial charge in [0.25, 0.3) is 16.8 Å². The van der Waals surface area contributed by atoms with Crippen molar-refractivity contribution in [1.29, 1.82) is 0 Å². The van der Waals surface area contributed by atoms with Gasteiger partial charge in [-0.1, -0.05) is 35.9 Å². The monoisotopic (exact) mass is 925 g/mol. The molecule has 6 aromatic rings. The second-order valence-electron chi connectivity index (χ2n) is 14.8. The molecule has 1 aliphatic carbocycles. The van der Waals surface area contributed by atoms with Crippen LogP contribution in [0.2, 0.25) is 5.02 Å². The van der Waals surface area contributed by atoms with E-state index in [1.165, 1.54) is 24.3 Å². The van der Waals surface area contributed by atoms with Crippen molar-refractivity contribution in [2.75, 3.05) is 34.4 Å². The fourth-order valence-corrected chi connectivity index (χ4v) is 6.63. The normalized spacial score (nSPS) is 13.4. The Morgan fingerprint density at radius 3 is 1.95 bits per heavy atom. The minimum atomic E-state index is -4.69. The van der Waals surface area contributed by atoms with Gasteiger partial charge in [0, 0.05) is 59.2 Å². The summed E-state index contributed by atoms with van der Waals surface area (Å²) in [6.07, 6.45) is -3.57. The molecule has 0 aliphatic heterocycles. The maximum absolute atomic E-state index is 14.4. The number of carbonyl (C=O) groups is 2. The van der Waals surface area contributed by atoms with Gasteiger partial charge < -0.3 is 36.6 Å². The standard InChI is InChI=1S/C43H35ClF7N9O5/c44-26-7-5-25(6-8-26)42(14-15-42)60-40-57-39(58-41(59-40)65-21-43(49,50)51)55-29-11-3-22(4-12-29)37(63)56-32(38(64)54-20-24-2-10-28(46)18-31(24)48)13-16-52-33-34(36(62)35(33)61)53-19-23-1-9-27(45)17-30(23)47/h1-12,17-18,32,52-53H,13-16,19-21H2,(H,54,64)(H,56,63)(H2,55,57,58,59,60)/t32-/m0/s1. The third-order valence-corrected chi connectivity index (χ3v) is 10.3. The van der Waals surface area contributed by atoms with E-state index in [0.717, 1.165) is 29.8 Å². The Morgan fingerprint density at radius 2 is 1.35 bits per heavy atom. The smallest absolute Gasteiger partial charge is 0.422 e. The molecule has 338 valence electrons. The van der Waals surface area contributed by atoms with E-state index in [1.54, 1.807) is 24.3 Å². The van der Waals surface area contributed by atoms with Crippen molar-refractivity contribution in [3.8, 4) is 6.01 Å². The van der Waals surface area contributed by atoms with Crippen LogP contribution in [-0.2, 0) is 23.4 Å². The van der Waals surface area contributed by atoms with E-state index >= 15 is 0 Å². The van der Waals surface area contributed by atoms with Gasteiger partial charge in [0.1, 0.15) is 40.7 Å². The highest BCUT2D eigenvalue weighted by molar-refractivity contribution is 6.30. The molecular formula is C43H35ClF7N9O5. The van der Waals surface area contributed by atoms with Gasteiger partial charge in [0.05, 0.1) is 5.54 Å². The number of nitrogens with zero attached hydrogens (tertiary/aromatic N) is 3. The average molecular weight is 926 g/mol. The van der Waals surface area contributed by atoms with Gasteiger partial charge in [-0.3, -0.25) is 19.2 Å². The molecule has 1 atom stereocenters. The highest BCUT2D eigenvalue weighted by Gasteiger charge is 2.45. The quantitative estimate of drug-likeness (QED) is 0.0362. The van der Waals surface area contributed by atoms with Gasteiger partial charge in [0.15, 0.2) is 6.61 Å². The number of anilines is 5. The van der Waals surface area contributed by atoms with Crippen LogP contribution in [0, 0.1) is 23.3 Å². The lowest BCUT2D eigenvalue weighted by Crippen LogP contribution is -2.47. The second-order valence-corrected chi connectivity index (χ2v) is 15.2. The van der Waals surface area contributed by atoms with Crippen molar-refractivity contribution in [3.63, 3.8) is 0 Å². The fourth-order valence-electron chi connectivity index (χ4n) is 6.51. The summed E-state index contributed by atoms with van der Waals surface area (Å²) < 4.78 is 99.4. The number of aromatic nitrogens is 3. The van der Waals surface area contributed by atoms with E-state index in [0.29, 0.717) is 30.0 Å². The van der Waals surface area contributed by atoms with Crippen molar-refractivity contribution >= 4 is 52.4 Å². The third-order valence-electron chi connectivity index (χ3n) is 10.1. The summed E-state index contributed by atoms with van der Waals surface area (Å²) >= 11 is 6.04. The Morgan fingerprint density at radius 1 is 0.754 bits per heavy atom. The van der Waals surface area contributed by atoms with Crippen LogP contribution in [0.1, 0.15) is 46.3 Å². The summed E-state index contributed by atoms with van der Waals surface area (Å²) in [5, 5.41) is 17.0. The first-order valence-corrected chi connectivity index (χ1v) is 20.0. The Kier molecular flexibility index (Phi) is 13.5. The molecule has 0 bridgehead atoms. The number of rotatable bonds is 19. The first kappa shape index (κ1) is 45.7. The molecule has 1 heterocycles. The zero-order valence-electron chi connectivity index (χ0n) is 33.5. The van der Waals surface area contributed by atoms with E-state index in [1.807, 2.05) is 0 Å². The van der Waals surface area contributed by atoms with Crippen LogP contribution in [0.5, 0.6) is 6.01 Å². The molecule has 1 aliphatic rings. The van der Waals surface area contributed by atoms with Crippen LogP contribution in [0.3, 0.4) is 0 Å². The van der Waals surface area contributed by atoms with E-state index < -0.39 is 82.9 Å². The number of carbonyl (C=O) groups excluding carboxylic acids is 2. The molecule has 6 N–H and O–H groups in total. The van der Waals surface area contributed by atoms with Gasteiger partial charge in [0.2, 0.25) is 17.8 Å². The van der Waals surface area contributed by atoms with Gasteiger partial charge in [-0.05, 0) is 73.4 Å². The summed E-state index contributed by atoms with van der Waals surface area (Å²) in [6, 6.07) is 16.2. The number of alkyl halides is 3. The Bertz CT molecular complexity index is 2790. The van der Waals surface area contributed by atoms with Crippen LogP contribution in [0.15, 0.2) is 94.5 Å². The molecule has 1 aromatic heterocycles. The summed E-state index contributed by atoms with van der Waals surface area (Å²) in [7, 11) is 0. The van der Waals surface area contributed by atoms with Gasteiger partial charge in [-0.2, -0.15) is 28.1 Å². The van der Waals surface area contributed by atoms with Crippen LogP contribution in [0.25, 0.3) is 0 Å². The Hall–Kier alpha value is -7.29. The SMILES string of the molecule is O=C(N[C@@H](CCNc1c(NCc2ccc(F)cc2F)c(=O)c1=O)C(=O)NCc1ccc(F)cc1F)c1ccc(Nc2nc(NC3(c4ccc(Cl)cc4)CC3)nc(OCC(F)(F)F)n2)cc1.